The zero-order valence-electron chi connectivity index (χ0n) is 9.41. The predicted molar refractivity (Wildman–Crippen MR) is 59.2 cm³/mol. The number of rotatable bonds is 3. The van der Waals surface area contributed by atoms with Crippen LogP contribution in [0.15, 0.2) is 24.4 Å². The van der Waals surface area contributed by atoms with E-state index >= 15 is 0 Å². The zero-order valence-corrected chi connectivity index (χ0v) is 9.41. The highest BCUT2D eigenvalue weighted by Gasteiger charge is 2.09. The molecule has 0 amide bonds. The van der Waals surface area contributed by atoms with Crippen molar-refractivity contribution >= 4 is 0 Å². The molecule has 17 heavy (non-hydrogen) atoms. The fourth-order valence-corrected chi connectivity index (χ4v) is 1.36. The normalized spacial score (nSPS) is 9.71. The summed E-state index contributed by atoms with van der Waals surface area (Å²) < 4.78 is 11.6. The minimum atomic E-state index is 0.336. The van der Waals surface area contributed by atoms with E-state index in [2.05, 4.69) is 16.0 Å². The molecule has 0 radical (unpaired) electrons. The zero-order chi connectivity index (χ0) is 12.3. The molecule has 2 aromatic rings. The molecule has 6 heteroatoms. The van der Waals surface area contributed by atoms with Gasteiger partial charge in [0.05, 0.1) is 20.3 Å². The summed E-state index contributed by atoms with van der Waals surface area (Å²) in [5, 5.41) is 8.93. The maximum absolute atomic E-state index is 8.93. The van der Waals surface area contributed by atoms with Gasteiger partial charge in [-0.1, -0.05) is 0 Å². The number of ether oxygens (including phenoxy) is 2. The second-order valence-electron chi connectivity index (χ2n) is 3.13. The molecule has 2 aromatic heterocycles. The quantitative estimate of drug-likeness (QED) is 0.791. The van der Waals surface area contributed by atoms with Gasteiger partial charge in [0.15, 0.2) is 0 Å². The molecule has 0 aliphatic heterocycles. The first-order valence-corrected chi connectivity index (χ1v) is 4.83. The molecule has 0 saturated heterocycles. The Bertz CT molecular complexity index is 549. The molecular weight excluding hydrogens is 220 g/mol. The average Bonchev–Trinajstić information content (AvgIpc) is 2.86. The fourth-order valence-electron chi connectivity index (χ4n) is 1.36. The van der Waals surface area contributed by atoms with Gasteiger partial charge in [0, 0.05) is 6.20 Å². The molecule has 0 fully saturated rings. The van der Waals surface area contributed by atoms with Gasteiger partial charge in [-0.15, -0.1) is 0 Å². The van der Waals surface area contributed by atoms with Crippen molar-refractivity contribution in [3.63, 3.8) is 0 Å². The standard InChI is InChI=1S/C11H10N4O2/c1-16-9-6-10(17-2)14-11(13-9)15-5-3-4-8(15)7-12/h3-6H,1-2H3. The Morgan fingerprint density at radius 1 is 1.24 bits per heavy atom. The molecular formula is C11H10N4O2. The molecule has 0 atom stereocenters. The van der Waals surface area contributed by atoms with E-state index in [0.29, 0.717) is 23.4 Å². The monoisotopic (exact) mass is 230 g/mol. The van der Waals surface area contributed by atoms with Crippen molar-refractivity contribution in [2.24, 2.45) is 0 Å². The molecule has 0 aliphatic rings. The van der Waals surface area contributed by atoms with Gasteiger partial charge in [0.1, 0.15) is 11.8 Å². The molecule has 0 N–H and O–H groups in total. The van der Waals surface area contributed by atoms with Crippen molar-refractivity contribution in [1.82, 2.24) is 14.5 Å². The van der Waals surface area contributed by atoms with Gasteiger partial charge in [0.25, 0.3) is 0 Å². The van der Waals surface area contributed by atoms with Gasteiger partial charge < -0.3 is 9.47 Å². The molecule has 0 saturated carbocycles. The maximum atomic E-state index is 8.93. The van der Waals surface area contributed by atoms with E-state index < -0.39 is 0 Å². The van der Waals surface area contributed by atoms with Crippen LogP contribution < -0.4 is 9.47 Å². The molecule has 2 rings (SSSR count). The van der Waals surface area contributed by atoms with Crippen LogP contribution in [0.2, 0.25) is 0 Å². The third kappa shape index (κ3) is 2.03. The SMILES string of the molecule is COc1cc(OC)nc(-n2cccc2C#N)n1. The van der Waals surface area contributed by atoms with Crippen LogP contribution in [-0.4, -0.2) is 28.8 Å². The number of methoxy groups -OCH3 is 2. The minimum absolute atomic E-state index is 0.336. The summed E-state index contributed by atoms with van der Waals surface area (Å²) >= 11 is 0. The Balaban J connectivity index is 2.55. The van der Waals surface area contributed by atoms with E-state index in [1.54, 1.807) is 29.0 Å². The molecule has 86 valence electrons. The summed E-state index contributed by atoms with van der Waals surface area (Å²) in [5.74, 6) is 1.09. The summed E-state index contributed by atoms with van der Waals surface area (Å²) in [6, 6.07) is 7.04. The Morgan fingerprint density at radius 3 is 2.41 bits per heavy atom. The van der Waals surface area contributed by atoms with Crippen molar-refractivity contribution in [1.29, 1.82) is 5.26 Å². The van der Waals surface area contributed by atoms with E-state index in [-0.39, 0.29) is 0 Å². The summed E-state index contributed by atoms with van der Waals surface area (Å²) in [6.45, 7) is 0. The third-order valence-corrected chi connectivity index (χ3v) is 2.16. The van der Waals surface area contributed by atoms with Crippen molar-refractivity contribution in [2.75, 3.05) is 14.2 Å². The van der Waals surface area contributed by atoms with Crippen LogP contribution in [0.1, 0.15) is 5.69 Å². The van der Waals surface area contributed by atoms with Crippen molar-refractivity contribution < 1.29 is 9.47 Å². The van der Waals surface area contributed by atoms with Gasteiger partial charge in [-0.3, -0.25) is 4.57 Å². The smallest absolute Gasteiger partial charge is 0.241 e. The van der Waals surface area contributed by atoms with Crippen LogP contribution in [0.4, 0.5) is 0 Å². The third-order valence-electron chi connectivity index (χ3n) is 2.16. The lowest BCUT2D eigenvalue weighted by Crippen LogP contribution is -2.04. The fraction of sp³-hybridized carbons (Fsp3) is 0.182. The lowest BCUT2D eigenvalue weighted by Gasteiger charge is -2.07. The van der Waals surface area contributed by atoms with E-state index in [4.69, 9.17) is 14.7 Å². The Morgan fingerprint density at radius 2 is 1.88 bits per heavy atom. The summed E-state index contributed by atoms with van der Waals surface area (Å²) in [6.07, 6.45) is 1.70. The highest BCUT2D eigenvalue weighted by atomic mass is 16.5. The number of hydrogen-bond acceptors (Lipinski definition) is 5. The van der Waals surface area contributed by atoms with E-state index in [1.165, 1.54) is 14.2 Å². The molecule has 0 aromatic carbocycles. The number of aromatic nitrogens is 3. The van der Waals surface area contributed by atoms with Crippen LogP contribution in [-0.2, 0) is 0 Å². The summed E-state index contributed by atoms with van der Waals surface area (Å²) in [5.41, 5.74) is 0.445. The predicted octanol–water partition coefficient (Wildman–Crippen LogP) is 1.16. The second-order valence-corrected chi connectivity index (χ2v) is 3.13. The van der Waals surface area contributed by atoms with Gasteiger partial charge in [0.2, 0.25) is 17.7 Å². The van der Waals surface area contributed by atoms with Crippen LogP contribution in [0.25, 0.3) is 5.95 Å². The first kappa shape index (κ1) is 11.0. The summed E-state index contributed by atoms with van der Waals surface area (Å²) in [7, 11) is 3.01. The Kier molecular flexibility index (Phi) is 2.92. The molecule has 0 aliphatic carbocycles. The Labute approximate surface area is 98.1 Å². The topological polar surface area (TPSA) is 73.0 Å². The van der Waals surface area contributed by atoms with Crippen LogP contribution in [0.5, 0.6) is 11.8 Å². The van der Waals surface area contributed by atoms with Gasteiger partial charge in [-0.05, 0) is 12.1 Å². The molecule has 0 spiro atoms. The van der Waals surface area contributed by atoms with Crippen molar-refractivity contribution in [2.45, 2.75) is 0 Å². The molecule has 2 heterocycles. The first-order chi connectivity index (χ1) is 8.28. The lowest BCUT2D eigenvalue weighted by molar-refractivity contribution is 0.370. The number of nitriles is 1. The lowest BCUT2D eigenvalue weighted by atomic mass is 10.5. The van der Waals surface area contributed by atoms with Crippen molar-refractivity contribution in [3.05, 3.63) is 30.1 Å². The number of nitrogens with zero attached hydrogens (tertiary/aromatic N) is 4. The second kappa shape index (κ2) is 4.53. The first-order valence-electron chi connectivity index (χ1n) is 4.83. The molecule has 0 unspecified atom stereocenters. The van der Waals surface area contributed by atoms with Crippen LogP contribution in [0.3, 0.4) is 0 Å². The number of hydrogen-bond donors (Lipinski definition) is 0. The van der Waals surface area contributed by atoms with Gasteiger partial charge in [-0.25, -0.2) is 0 Å². The molecule has 0 bridgehead atoms. The van der Waals surface area contributed by atoms with Gasteiger partial charge in [-0.2, -0.15) is 15.2 Å². The van der Waals surface area contributed by atoms with Crippen LogP contribution >= 0.6 is 0 Å². The highest BCUT2D eigenvalue weighted by molar-refractivity contribution is 5.33. The molecule has 6 nitrogen and oxygen atoms in total. The van der Waals surface area contributed by atoms with E-state index in [0.717, 1.165) is 0 Å². The largest absolute Gasteiger partial charge is 0.481 e. The van der Waals surface area contributed by atoms with Crippen LogP contribution in [0, 0.1) is 11.3 Å². The van der Waals surface area contributed by atoms with E-state index in [1.807, 2.05) is 0 Å². The average molecular weight is 230 g/mol. The minimum Gasteiger partial charge on any atom is -0.481 e. The Hall–Kier alpha value is -2.55. The maximum Gasteiger partial charge on any atom is 0.241 e. The van der Waals surface area contributed by atoms with Gasteiger partial charge >= 0.3 is 0 Å². The highest BCUT2D eigenvalue weighted by Crippen LogP contribution is 2.18. The van der Waals surface area contributed by atoms with E-state index in [9.17, 15) is 0 Å². The summed E-state index contributed by atoms with van der Waals surface area (Å²) in [4.78, 5) is 8.30. The van der Waals surface area contributed by atoms with Crippen molar-refractivity contribution in [3.8, 4) is 23.8 Å².